The lowest BCUT2D eigenvalue weighted by molar-refractivity contribution is 0.402. The van der Waals surface area contributed by atoms with Crippen LogP contribution in [0.5, 0.6) is 0 Å². The van der Waals surface area contributed by atoms with Crippen molar-refractivity contribution in [1.29, 1.82) is 0 Å². The van der Waals surface area contributed by atoms with Crippen LogP contribution in [-0.2, 0) is 13.0 Å². The van der Waals surface area contributed by atoms with E-state index in [0.717, 1.165) is 69.3 Å². The number of hydrogen-bond acceptors (Lipinski definition) is 5. The summed E-state index contributed by atoms with van der Waals surface area (Å²) >= 11 is 0. The third-order valence-electron chi connectivity index (χ3n) is 4.05. The molecule has 0 spiro atoms. The van der Waals surface area contributed by atoms with Gasteiger partial charge in [-0.05, 0) is 33.4 Å². The summed E-state index contributed by atoms with van der Waals surface area (Å²) in [4.78, 5) is 21.7. The smallest absolute Gasteiger partial charge is 0.260 e. The molecule has 0 radical (unpaired) electrons. The minimum absolute atomic E-state index is 0.159. The molecule has 0 aromatic carbocycles. The number of hydrogen-bond donors (Lipinski definition) is 1. The number of fused-ring (bicyclic) bond motifs is 2. The number of anilines is 2. The Kier molecular flexibility index (Phi) is 3.65. The Morgan fingerprint density at radius 1 is 1.30 bits per heavy atom. The van der Waals surface area contributed by atoms with Crippen LogP contribution in [0.1, 0.15) is 18.4 Å². The van der Waals surface area contributed by atoms with E-state index in [-0.39, 0.29) is 5.56 Å². The monoisotopic (exact) mass is 277 g/mol. The first-order chi connectivity index (χ1) is 9.66. The highest BCUT2D eigenvalue weighted by Crippen LogP contribution is 2.23. The molecule has 0 saturated carbocycles. The van der Waals surface area contributed by atoms with E-state index >= 15 is 0 Å². The average molecular weight is 277 g/mol. The van der Waals surface area contributed by atoms with Crippen LogP contribution < -0.4 is 15.8 Å². The van der Waals surface area contributed by atoms with Crippen LogP contribution >= 0.6 is 0 Å². The van der Waals surface area contributed by atoms with E-state index in [9.17, 15) is 4.79 Å². The van der Waals surface area contributed by atoms with Gasteiger partial charge in [-0.25, -0.2) is 0 Å². The fourth-order valence-corrected chi connectivity index (χ4v) is 2.92. The highest BCUT2D eigenvalue weighted by molar-refractivity contribution is 5.51. The maximum absolute atomic E-state index is 12.6. The molecule has 0 aliphatic carbocycles. The Bertz CT molecular complexity index is 551. The molecule has 0 amide bonds. The van der Waals surface area contributed by atoms with Crippen LogP contribution in [0.25, 0.3) is 0 Å². The van der Waals surface area contributed by atoms with Gasteiger partial charge in [-0.2, -0.15) is 4.98 Å². The van der Waals surface area contributed by atoms with Crippen LogP contribution in [0.3, 0.4) is 0 Å². The van der Waals surface area contributed by atoms with E-state index in [2.05, 4.69) is 29.2 Å². The second-order valence-corrected chi connectivity index (χ2v) is 5.87. The van der Waals surface area contributed by atoms with Gasteiger partial charge >= 0.3 is 0 Å². The van der Waals surface area contributed by atoms with Crippen molar-refractivity contribution >= 4 is 11.8 Å². The van der Waals surface area contributed by atoms with Gasteiger partial charge in [0.25, 0.3) is 5.56 Å². The first-order valence-electron chi connectivity index (χ1n) is 7.44. The summed E-state index contributed by atoms with van der Waals surface area (Å²) in [5.74, 6) is 1.65. The zero-order valence-corrected chi connectivity index (χ0v) is 12.4. The molecular formula is C14H23N5O. The molecule has 6 nitrogen and oxygen atoms in total. The van der Waals surface area contributed by atoms with Crippen molar-refractivity contribution in [2.45, 2.75) is 25.8 Å². The summed E-state index contributed by atoms with van der Waals surface area (Å²) in [6, 6.07) is 0. The summed E-state index contributed by atoms with van der Waals surface area (Å²) < 4.78 is 1.87. The van der Waals surface area contributed by atoms with Crippen molar-refractivity contribution in [3.05, 3.63) is 15.9 Å². The molecule has 0 fully saturated rings. The second-order valence-electron chi connectivity index (χ2n) is 5.87. The molecule has 3 heterocycles. The Morgan fingerprint density at radius 2 is 2.15 bits per heavy atom. The average Bonchev–Trinajstić information content (AvgIpc) is 2.45. The molecule has 0 saturated heterocycles. The quantitative estimate of drug-likeness (QED) is 0.865. The van der Waals surface area contributed by atoms with Gasteiger partial charge in [0.2, 0.25) is 5.95 Å². The Hall–Kier alpha value is -1.56. The topological polar surface area (TPSA) is 53.4 Å². The number of nitrogens with one attached hydrogen (secondary N) is 1. The highest BCUT2D eigenvalue weighted by atomic mass is 16.1. The van der Waals surface area contributed by atoms with E-state index in [4.69, 9.17) is 4.98 Å². The van der Waals surface area contributed by atoms with Crippen molar-refractivity contribution in [2.24, 2.45) is 0 Å². The van der Waals surface area contributed by atoms with Gasteiger partial charge in [0.05, 0.1) is 5.56 Å². The fraction of sp³-hybridized carbons (Fsp3) is 0.714. The number of aromatic nitrogens is 2. The molecule has 0 atom stereocenters. The first kappa shape index (κ1) is 13.4. The van der Waals surface area contributed by atoms with Gasteiger partial charge in [-0.15, -0.1) is 0 Å². The van der Waals surface area contributed by atoms with E-state index in [1.807, 2.05) is 4.57 Å². The van der Waals surface area contributed by atoms with Crippen molar-refractivity contribution in [3.63, 3.8) is 0 Å². The zero-order chi connectivity index (χ0) is 14.1. The molecule has 2 aliphatic rings. The zero-order valence-electron chi connectivity index (χ0n) is 12.4. The maximum atomic E-state index is 12.6. The standard InChI is InChI=1S/C14H23N5O/c1-17(2)9-10-18-7-4-8-19-13(20)11-5-3-6-15-12(11)16-14(18)19/h15H,3-10H2,1-2H3. The van der Waals surface area contributed by atoms with E-state index < -0.39 is 0 Å². The Labute approximate surface area is 119 Å². The molecular weight excluding hydrogens is 254 g/mol. The molecule has 0 bridgehead atoms. The van der Waals surface area contributed by atoms with Gasteiger partial charge < -0.3 is 15.1 Å². The summed E-state index contributed by atoms with van der Waals surface area (Å²) in [7, 11) is 4.14. The first-order valence-corrected chi connectivity index (χ1v) is 7.44. The van der Waals surface area contributed by atoms with Gasteiger partial charge in [-0.3, -0.25) is 9.36 Å². The molecule has 1 aromatic heterocycles. The van der Waals surface area contributed by atoms with Crippen LogP contribution in [0.2, 0.25) is 0 Å². The molecule has 0 unspecified atom stereocenters. The van der Waals surface area contributed by atoms with Crippen LogP contribution in [-0.4, -0.2) is 54.7 Å². The van der Waals surface area contributed by atoms with Gasteiger partial charge in [0.1, 0.15) is 5.82 Å². The van der Waals surface area contributed by atoms with Gasteiger partial charge in [-0.1, -0.05) is 0 Å². The normalized spacial score (nSPS) is 17.6. The molecule has 20 heavy (non-hydrogen) atoms. The number of nitrogens with zero attached hydrogens (tertiary/aromatic N) is 4. The fourth-order valence-electron chi connectivity index (χ4n) is 2.92. The lowest BCUT2D eigenvalue weighted by Crippen LogP contribution is -2.43. The van der Waals surface area contributed by atoms with Crippen LogP contribution in [0.4, 0.5) is 11.8 Å². The highest BCUT2D eigenvalue weighted by Gasteiger charge is 2.24. The van der Waals surface area contributed by atoms with Crippen LogP contribution in [0.15, 0.2) is 4.79 Å². The Morgan fingerprint density at radius 3 is 2.95 bits per heavy atom. The molecule has 3 rings (SSSR count). The van der Waals surface area contributed by atoms with Crippen molar-refractivity contribution in [1.82, 2.24) is 14.5 Å². The molecule has 1 N–H and O–H groups in total. The summed E-state index contributed by atoms with van der Waals surface area (Å²) in [6.45, 7) is 4.59. The predicted molar refractivity (Wildman–Crippen MR) is 80.7 cm³/mol. The third kappa shape index (κ3) is 2.40. The predicted octanol–water partition coefficient (Wildman–Crippen LogP) is 0.373. The second kappa shape index (κ2) is 5.44. The van der Waals surface area contributed by atoms with Gasteiger partial charge in [0, 0.05) is 32.7 Å². The molecule has 6 heteroatoms. The molecule has 2 aliphatic heterocycles. The van der Waals surface area contributed by atoms with Gasteiger partial charge in [0.15, 0.2) is 0 Å². The maximum Gasteiger partial charge on any atom is 0.260 e. The molecule has 110 valence electrons. The minimum atomic E-state index is 0.159. The van der Waals surface area contributed by atoms with E-state index in [1.165, 1.54) is 0 Å². The number of likely N-dealkylation sites (N-methyl/N-ethyl adjacent to an activating group) is 1. The summed E-state index contributed by atoms with van der Waals surface area (Å²) in [6.07, 6.45) is 2.90. The van der Waals surface area contributed by atoms with E-state index in [1.54, 1.807) is 0 Å². The largest absolute Gasteiger partial charge is 0.370 e. The van der Waals surface area contributed by atoms with Crippen LogP contribution in [0, 0.1) is 0 Å². The Balaban J connectivity index is 1.96. The van der Waals surface area contributed by atoms with Crippen molar-refractivity contribution in [2.75, 3.05) is 50.5 Å². The summed E-state index contributed by atoms with van der Waals surface area (Å²) in [5, 5.41) is 3.28. The minimum Gasteiger partial charge on any atom is -0.370 e. The lowest BCUT2D eigenvalue weighted by Gasteiger charge is -2.33. The lowest BCUT2D eigenvalue weighted by atomic mass is 10.1. The van der Waals surface area contributed by atoms with E-state index in [0.29, 0.717) is 0 Å². The molecule has 1 aromatic rings. The van der Waals surface area contributed by atoms with Crippen molar-refractivity contribution in [3.8, 4) is 0 Å². The third-order valence-corrected chi connectivity index (χ3v) is 4.05. The SMILES string of the molecule is CN(C)CCN1CCCn2c1nc1c(c2=O)CCCN1. The summed E-state index contributed by atoms with van der Waals surface area (Å²) in [5.41, 5.74) is 1.03. The van der Waals surface area contributed by atoms with Crippen molar-refractivity contribution < 1.29 is 0 Å². The number of rotatable bonds is 3.